The molecule has 4 heteroatoms. The largest absolute Gasteiger partial charge is 0.355 e. The molecular formula is C12H17ClN2O. The first-order valence-corrected chi connectivity index (χ1v) is 5.36. The molecule has 1 amide bonds. The molecule has 0 aromatic heterocycles. The predicted molar refractivity (Wildman–Crippen MR) is 67.4 cm³/mol. The molecule has 0 spiro atoms. The second kappa shape index (κ2) is 5.87. The van der Waals surface area contributed by atoms with Gasteiger partial charge in [-0.25, -0.2) is 0 Å². The van der Waals surface area contributed by atoms with Crippen LogP contribution in [0.1, 0.15) is 21.5 Å². The van der Waals surface area contributed by atoms with Gasteiger partial charge in [0.2, 0.25) is 0 Å². The molecule has 3 nitrogen and oxygen atoms in total. The molecular weight excluding hydrogens is 224 g/mol. The van der Waals surface area contributed by atoms with Gasteiger partial charge in [-0.05, 0) is 49.2 Å². The lowest BCUT2D eigenvalue weighted by Gasteiger charge is -2.07. The average molecular weight is 241 g/mol. The van der Waals surface area contributed by atoms with Crippen LogP contribution in [0.15, 0.2) is 18.2 Å². The molecule has 16 heavy (non-hydrogen) atoms. The van der Waals surface area contributed by atoms with Crippen LogP contribution in [-0.4, -0.2) is 26.0 Å². The number of nitrogens with one attached hydrogen (secondary N) is 2. The summed E-state index contributed by atoms with van der Waals surface area (Å²) in [7, 11) is 1.66. The van der Waals surface area contributed by atoms with Crippen LogP contribution in [0.2, 0.25) is 0 Å². The quantitative estimate of drug-likeness (QED) is 0.774. The van der Waals surface area contributed by atoms with Gasteiger partial charge in [0.15, 0.2) is 0 Å². The molecule has 1 aromatic carbocycles. The van der Waals surface area contributed by atoms with Crippen molar-refractivity contribution in [3.63, 3.8) is 0 Å². The molecule has 1 heterocycles. The van der Waals surface area contributed by atoms with E-state index in [4.69, 9.17) is 0 Å². The minimum Gasteiger partial charge on any atom is -0.355 e. The fourth-order valence-electron chi connectivity index (χ4n) is 1.96. The molecule has 0 atom stereocenters. The number of halogens is 1. The van der Waals surface area contributed by atoms with E-state index >= 15 is 0 Å². The fraction of sp³-hybridized carbons (Fsp3) is 0.417. The summed E-state index contributed by atoms with van der Waals surface area (Å²) >= 11 is 0. The van der Waals surface area contributed by atoms with Crippen molar-refractivity contribution in [2.24, 2.45) is 0 Å². The minimum atomic E-state index is -0.00462. The van der Waals surface area contributed by atoms with Gasteiger partial charge in [-0.15, -0.1) is 12.4 Å². The Morgan fingerprint density at radius 3 is 2.62 bits per heavy atom. The topological polar surface area (TPSA) is 41.1 Å². The zero-order valence-corrected chi connectivity index (χ0v) is 10.2. The smallest absolute Gasteiger partial charge is 0.251 e. The van der Waals surface area contributed by atoms with E-state index in [2.05, 4.69) is 16.7 Å². The lowest BCUT2D eigenvalue weighted by atomic mass is 10.00. The Bertz CT molecular complexity index is 379. The Morgan fingerprint density at radius 2 is 1.94 bits per heavy atom. The maximum atomic E-state index is 11.5. The van der Waals surface area contributed by atoms with Crippen molar-refractivity contribution in [1.82, 2.24) is 10.6 Å². The maximum absolute atomic E-state index is 11.5. The first-order valence-electron chi connectivity index (χ1n) is 5.36. The van der Waals surface area contributed by atoms with E-state index < -0.39 is 0 Å². The molecule has 0 saturated heterocycles. The third kappa shape index (κ3) is 2.74. The monoisotopic (exact) mass is 240 g/mol. The first kappa shape index (κ1) is 13.0. The standard InChI is InChI=1S/C12H16N2O.ClH/c1-13-12(15)11-3-2-9-4-6-14-7-5-10(9)8-11;/h2-3,8,14H,4-7H2,1H3,(H,13,15);1H. The van der Waals surface area contributed by atoms with Crippen LogP contribution in [0, 0.1) is 0 Å². The van der Waals surface area contributed by atoms with Gasteiger partial charge in [0.05, 0.1) is 0 Å². The molecule has 0 aliphatic carbocycles. The summed E-state index contributed by atoms with van der Waals surface area (Å²) in [6.07, 6.45) is 2.07. The summed E-state index contributed by atoms with van der Waals surface area (Å²) in [5.74, 6) is -0.00462. The summed E-state index contributed by atoms with van der Waals surface area (Å²) in [5.41, 5.74) is 3.44. The Hall–Kier alpha value is -1.06. The predicted octanol–water partition coefficient (Wildman–Crippen LogP) is 1.16. The third-order valence-corrected chi connectivity index (χ3v) is 2.84. The molecule has 1 aromatic rings. The van der Waals surface area contributed by atoms with Gasteiger partial charge in [-0.1, -0.05) is 6.07 Å². The second-order valence-electron chi connectivity index (χ2n) is 3.81. The summed E-state index contributed by atoms with van der Waals surface area (Å²) in [6, 6.07) is 6.00. The number of hydrogen-bond donors (Lipinski definition) is 2. The summed E-state index contributed by atoms with van der Waals surface area (Å²) in [6.45, 7) is 2.04. The third-order valence-electron chi connectivity index (χ3n) is 2.84. The van der Waals surface area contributed by atoms with Crippen molar-refractivity contribution in [1.29, 1.82) is 0 Å². The molecule has 0 bridgehead atoms. The summed E-state index contributed by atoms with van der Waals surface area (Å²) < 4.78 is 0. The Kier molecular flexibility index (Phi) is 4.77. The molecule has 0 unspecified atom stereocenters. The van der Waals surface area contributed by atoms with Crippen LogP contribution >= 0.6 is 12.4 Å². The van der Waals surface area contributed by atoms with E-state index in [-0.39, 0.29) is 18.3 Å². The average Bonchev–Trinajstić information content (AvgIpc) is 2.51. The van der Waals surface area contributed by atoms with Crippen LogP contribution in [0.5, 0.6) is 0 Å². The van der Waals surface area contributed by atoms with Gasteiger partial charge in [0.1, 0.15) is 0 Å². The molecule has 0 saturated carbocycles. The Labute approximate surface area is 102 Å². The van der Waals surface area contributed by atoms with E-state index in [0.717, 1.165) is 31.5 Å². The molecule has 0 fully saturated rings. The summed E-state index contributed by atoms with van der Waals surface area (Å²) in [4.78, 5) is 11.5. The van der Waals surface area contributed by atoms with Crippen molar-refractivity contribution in [2.45, 2.75) is 12.8 Å². The van der Waals surface area contributed by atoms with Crippen LogP contribution in [0.25, 0.3) is 0 Å². The Balaban J connectivity index is 0.00000128. The van der Waals surface area contributed by atoms with Crippen molar-refractivity contribution in [3.05, 3.63) is 34.9 Å². The summed E-state index contributed by atoms with van der Waals surface area (Å²) in [5, 5.41) is 6.01. The molecule has 2 N–H and O–H groups in total. The zero-order valence-electron chi connectivity index (χ0n) is 9.38. The maximum Gasteiger partial charge on any atom is 0.251 e. The normalized spacial score (nSPS) is 14.3. The highest BCUT2D eigenvalue weighted by Crippen LogP contribution is 2.15. The van der Waals surface area contributed by atoms with Crippen molar-refractivity contribution >= 4 is 18.3 Å². The van der Waals surface area contributed by atoms with Crippen molar-refractivity contribution < 1.29 is 4.79 Å². The zero-order chi connectivity index (χ0) is 10.7. The van der Waals surface area contributed by atoms with Gasteiger partial charge in [0, 0.05) is 12.6 Å². The molecule has 1 aliphatic rings. The number of amides is 1. The van der Waals surface area contributed by atoms with E-state index in [1.54, 1.807) is 7.05 Å². The lowest BCUT2D eigenvalue weighted by molar-refractivity contribution is 0.0963. The van der Waals surface area contributed by atoms with Gasteiger partial charge in [-0.3, -0.25) is 4.79 Å². The van der Waals surface area contributed by atoms with E-state index in [0.29, 0.717) is 0 Å². The lowest BCUT2D eigenvalue weighted by Crippen LogP contribution is -2.18. The van der Waals surface area contributed by atoms with Crippen LogP contribution in [-0.2, 0) is 12.8 Å². The van der Waals surface area contributed by atoms with E-state index in [1.807, 2.05) is 12.1 Å². The molecule has 1 aliphatic heterocycles. The molecule has 2 rings (SSSR count). The second-order valence-corrected chi connectivity index (χ2v) is 3.81. The van der Waals surface area contributed by atoms with Crippen LogP contribution < -0.4 is 10.6 Å². The number of carbonyl (C=O) groups excluding carboxylic acids is 1. The number of fused-ring (bicyclic) bond motifs is 1. The van der Waals surface area contributed by atoms with Crippen LogP contribution in [0.3, 0.4) is 0 Å². The number of carbonyl (C=O) groups is 1. The van der Waals surface area contributed by atoms with Gasteiger partial charge in [-0.2, -0.15) is 0 Å². The van der Waals surface area contributed by atoms with Crippen molar-refractivity contribution in [3.8, 4) is 0 Å². The number of rotatable bonds is 1. The van der Waals surface area contributed by atoms with Gasteiger partial charge < -0.3 is 10.6 Å². The first-order chi connectivity index (χ1) is 7.31. The van der Waals surface area contributed by atoms with Gasteiger partial charge in [0.25, 0.3) is 5.91 Å². The highest BCUT2D eigenvalue weighted by Gasteiger charge is 2.10. The van der Waals surface area contributed by atoms with E-state index in [1.165, 1.54) is 11.1 Å². The fourth-order valence-corrected chi connectivity index (χ4v) is 1.96. The SMILES string of the molecule is CNC(=O)c1ccc2c(c1)CCNCC2.Cl. The number of benzene rings is 1. The highest BCUT2D eigenvalue weighted by atomic mass is 35.5. The Morgan fingerprint density at radius 1 is 1.25 bits per heavy atom. The van der Waals surface area contributed by atoms with Crippen LogP contribution in [0.4, 0.5) is 0 Å². The molecule has 0 radical (unpaired) electrons. The number of hydrogen-bond acceptors (Lipinski definition) is 2. The molecule has 88 valence electrons. The van der Waals surface area contributed by atoms with Crippen molar-refractivity contribution in [2.75, 3.05) is 20.1 Å². The van der Waals surface area contributed by atoms with E-state index in [9.17, 15) is 4.79 Å². The van der Waals surface area contributed by atoms with Gasteiger partial charge >= 0.3 is 0 Å². The minimum absolute atomic E-state index is 0. The highest BCUT2D eigenvalue weighted by molar-refractivity contribution is 5.94.